The molecule has 0 spiro atoms. The maximum Gasteiger partial charge on any atom is 0.220 e. The molecular formula is C12H17N3. The van der Waals surface area contributed by atoms with Crippen LogP contribution in [-0.4, -0.2) is 11.7 Å². The quantitative estimate of drug-likeness (QED) is 0.701. The van der Waals surface area contributed by atoms with Crippen LogP contribution in [0.3, 0.4) is 0 Å². The molecular weight excluding hydrogens is 186 g/mol. The van der Waals surface area contributed by atoms with Crippen molar-refractivity contribution < 1.29 is 0 Å². The Labute approximate surface area is 90.8 Å². The smallest absolute Gasteiger partial charge is 0.220 e. The van der Waals surface area contributed by atoms with Crippen molar-refractivity contribution in [2.24, 2.45) is 21.1 Å². The van der Waals surface area contributed by atoms with Crippen LogP contribution in [0.25, 0.3) is 0 Å². The van der Waals surface area contributed by atoms with Crippen LogP contribution in [-0.2, 0) is 0 Å². The van der Waals surface area contributed by atoms with Crippen LogP contribution < -0.4 is 5.73 Å². The molecule has 0 aliphatic carbocycles. The third kappa shape index (κ3) is 1.91. The molecule has 3 heteroatoms. The lowest BCUT2D eigenvalue weighted by molar-refractivity contribution is 0.570. The Bertz CT molecular complexity index is 388. The van der Waals surface area contributed by atoms with Gasteiger partial charge in [-0.15, -0.1) is 6.58 Å². The van der Waals surface area contributed by atoms with E-state index in [4.69, 9.17) is 5.73 Å². The average molecular weight is 203 g/mol. The van der Waals surface area contributed by atoms with Gasteiger partial charge in [-0.1, -0.05) is 24.8 Å². The SMILES string of the molecule is C=CCC(C)(C(=C)C)C1=NC(N)=NC1=C. The molecule has 2 N–H and O–H groups in total. The first-order chi connectivity index (χ1) is 6.91. The summed E-state index contributed by atoms with van der Waals surface area (Å²) in [7, 11) is 0. The van der Waals surface area contributed by atoms with Crippen molar-refractivity contribution in [3.05, 3.63) is 37.1 Å². The Morgan fingerprint density at radius 2 is 2.13 bits per heavy atom. The summed E-state index contributed by atoms with van der Waals surface area (Å²) >= 11 is 0. The second-order valence-electron chi connectivity index (χ2n) is 3.98. The number of hydrogen-bond acceptors (Lipinski definition) is 3. The van der Waals surface area contributed by atoms with Gasteiger partial charge in [-0.05, 0) is 20.3 Å². The zero-order chi connectivity index (χ0) is 11.6. The second kappa shape index (κ2) is 3.85. The van der Waals surface area contributed by atoms with E-state index in [1.807, 2.05) is 13.0 Å². The first-order valence-corrected chi connectivity index (χ1v) is 4.81. The van der Waals surface area contributed by atoms with Gasteiger partial charge in [0.15, 0.2) is 0 Å². The van der Waals surface area contributed by atoms with Gasteiger partial charge in [-0.25, -0.2) is 9.98 Å². The standard InChI is InChI=1S/C12H17N3/c1-6-7-12(5,8(2)3)10-9(4)14-11(13)15-10/h6H,1-2,4,7H2,3,5H3,(H2,13,14). The number of nitrogens with zero attached hydrogens (tertiary/aromatic N) is 2. The Morgan fingerprint density at radius 3 is 2.47 bits per heavy atom. The van der Waals surface area contributed by atoms with Crippen molar-refractivity contribution in [3.8, 4) is 0 Å². The van der Waals surface area contributed by atoms with Crippen LogP contribution in [0.2, 0.25) is 0 Å². The van der Waals surface area contributed by atoms with Gasteiger partial charge in [0.05, 0.1) is 11.4 Å². The lowest BCUT2D eigenvalue weighted by Gasteiger charge is -2.29. The van der Waals surface area contributed by atoms with Gasteiger partial charge in [0.1, 0.15) is 0 Å². The summed E-state index contributed by atoms with van der Waals surface area (Å²) in [5.41, 5.74) is 7.71. The van der Waals surface area contributed by atoms with Crippen molar-refractivity contribution in [3.63, 3.8) is 0 Å². The molecule has 0 aromatic rings. The van der Waals surface area contributed by atoms with Gasteiger partial charge in [0, 0.05) is 5.41 Å². The third-order valence-electron chi connectivity index (χ3n) is 2.77. The fourth-order valence-corrected chi connectivity index (χ4v) is 1.60. The van der Waals surface area contributed by atoms with Crippen LogP contribution in [0.4, 0.5) is 0 Å². The Hall–Kier alpha value is -1.64. The van der Waals surface area contributed by atoms with Crippen LogP contribution >= 0.6 is 0 Å². The molecule has 3 nitrogen and oxygen atoms in total. The minimum atomic E-state index is -0.274. The van der Waals surface area contributed by atoms with E-state index in [9.17, 15) is 0 Å². The summed E-state index contributed by atoms with van der Waals surface area (Å²) < 4.78 is 0. The van der Waals surface area contributed by atoms with E-state index in [1.165, 1.54) is 0 Å². The maximum absolute atomic E-state index is 5.55. The summed E-state index contributed by atoms with van der Waals surface area (Å²) in [6.07, 6.45) is 2.60. The molecule has 1 unspecified atom stereocenters. The largest absolute Gasteiger partial charge is 0.368 e. The molecule has 0 aromatic carbocycles. The van der Waals surface area contributed by atoms with E-state index in [0.717, 1.165) is 17.7 Å². The predicted octanol–water partition coefficient (Wildman–Crippen LogP) is 2.43. The van der Waals surface area contributed by atoms with E-state index < -0.39 is 0 Å². The summed E-state index contributed by atoms with van der Waals surface area (Å²) in [5.74, 6) is 0.270. The monoisotopic (exact) mass is 203 g/mol. The number of rotatable bonds is 4. The molecule has 0 aromatic heterocycles. The Balaban J connectivity index is 3.13. The highest BCUT2D eigenvalue weighted by molar-refractivity contribution is 6.15. The Kier molecular flexibility index (Phi) is 2.93. The third-order valence-corrected chi connectivity index (χ3v) is 2.77. The fourth-order valence-electron chi connectivity index (χ4n) is 1.60. The molecule has 15 heavy (non-hydrogen) atoms. The van der Waals surface area contributed by atoms with Crippen molar-refractivity contribution in [2.45, 2.75) is 20.3 Å². The average Bonchev–Trinajstić information content (AvgIpc) is 2.45. The molecule has 1 aliphatic rings. The number of aliphatic imine (C=N–C) groups is 2. The number of guanidine groups is 1. The summed E-state index contributed by atoms with van der Waals surface area (Å²) in [4.78, 5) is 8.24. The first-order valence-electron chi connectivity index (χ1n) is 4.81. The normalized spacial score (nSPS) is 19.2. The van der Waals surface area contributed by atoms with E-state index in [1.54, 1.807) is 0 Å². The molecule has 1 atom stereocenters. The topological polar surface area (TPSA) is 50.7 Å². The van der Waals surface area contributed by atoms with E-state index in [0.29, 0.717) is 5.70 Å². The highest BCUT2D eigenvalue weighted by Crippen LogP contribution is 2.36. The minimum Gasteiger partial charge on any atom is -0.368 e. The molecule has 80 valence electrons. The molecule has 0 fully saturated rings. The zero-order valence-electron chi connectivity index (χ0n) is 9.38. The summed E-state index contributed by atoms with van der Waals surface area (Å²) in [6, 6.07) is 0. The Morgan fingerprint density at radius 1 is 1.53 bits per heavy atom. The highest BCUT2D eigenvalue weighted by Gasteiger charge is 2.34. The van der Waals surface area contributed by atoms with E-state index in [-0.39, 0.29) is 11.4 Å². The summed E-state index contributed by atoms with van der Waals surface area (Å²) in [6.45, 7) is 15.6. The lowest BCUT2D eigenvalue weighted by Crippen LogP contribution is -2.28. The highest BCUT2D eigenvalue weighted by atomic mass is 15.1. The minimum absolute atomic E-state index is 0.270. The maximum atomic E-state index is 5.55. The number of allylic oxidation sites excluding steroid dienone is 3. The lowest BCUT2D eigenvalue weighted by atomic mass is 9.75. The molecule has 1 heterocycles. The van der Waals surface area contributed by atoms with Gasteiger partial charge in [0.2, 0.25) is 5.96 Å². The fraction of sp³-hybridized carbons (Fsp3) is 0.333. The van der Waals surface area contributed by atoms with Crippen LogP contribution in [0.1, 0.15) is 20.3 Å². The van der Waals surface area contributed by atoms with Gasteiger partial charge in [-0.3, -0.25) is 0 Å². The van der Waals surface area contributed by atoms with Crippen molar-refractivity contribution >= 4 is 11.7 Å². The summed E-state index contributed by atoms with van der Waals surface area (Å²) in [5, 5.41) is 0. The second-order valence-corrected chi connectivity index (χ2v) is 3.98. The number of hydrogen-bond donors (Lipinski definition) is 1. The van der Waals surface area contributed by atoms with E-state index >= 15 is 0 Å². The van der Waals surface area contributed by atoms with Gasteiger partial charge in [0.25, 0.3) is 0 Å². The van der Waals surface area contributed by atoms with Gasteiger partial charge in [-0.2, -0.15) is 0 Å². The van der Waals surface area contributed by atoms with E-state index in [2.05, 4.69) is 36.6 Å². The first kappa shape index (κ1) is 11.4. The van der Waals surface area contributed by atoms with Gasteiger partial charge >= 0.3 is 0 Å². The molecule has 1 rings (SSSR count). The molecule has 0 saturated carbocycles. The van der Waals surface area contributed by atoms with Crippen molar-refractivity contribution in [2.75, 3.05) is 0 Å². The molecule has 0 amide bonds. The predicted molar refractivity (Wildman–Crippen MR) is 65.9 cm³/mol. The molecule has 0 saturated heterocycles. The van der Waals surface area contributed by atoms with Crippen LogP contribution in [0, 0.1) is 5.41 Å². The van der Waals surface area contributed by atoms with Crippen LogP contribution in [0.5, 0.6) is 0 Å². The molecule has 0 radical (unpaired) electrons. The van der Waals surface area contributed by atoms with Crippen LogP contribution in [0.15, 0.2) is 47.1 Å². The van der Waals surface area contributed by atoms with Crippen molar-refractivity contribution in [1.29, 1.82) is 0 Å². The van der Waals surface area contributed by atoms with Gasteiger partial charge < -0.3 is 5.73 Å². The number of nitrogens with two attached hydrogens (primary N) is 1. The zero-order valence-corrected chi connectivity index (χ0v) is 9.38. The molecule has 1 aliphatic heterocycles. The molecule has 0 bridgehead atoms. The van der Waals surface area contributed by atoms with Crippen molar-refractivity contribution in [1.82, 2.24) is 0 Å².